The summed E-state index contributed by atoms with van der Waals surface area (Å²) >= 11 is 0.528. The van der Waals surface area contributed by atoms with Crippen LogP contribution in [0.25, 0.3) is 10.4 Å². The van der Waals surface area contributed by atoms with Crippen molar-refractivity contribution in [3.63, 3.8) is 0 Å². The summed E-state index contributed by atoms with van der Waals surface area (Å²) in [6.07, 6.45) is -7.22. The molecule has 2 aromatic rings. The first-order valence-corrected chi connectivity index (χ1v) is 13.8. The van der Waals surface area contributed by atoms with Crippen LogP contribution in [0.4, 0.5) is 32.2 Å². The number of ether oxygens (including phenoxy) is 1. The highest BCUT2D eigenvalue weighted by Crippen LogP contribution is 2.42. The summed E-state index contributed by atoms with van der Waals surface area (Å²) in [7, 11) is 0. The molecule has 0 aromatic carbocycles. The number of aliphatic hydroxyl groups excluding tert-OH is 1. The molecule has 16 heteroatoms. The van der Waals surface area contributed by atoms with Gasteiger partial charge in [0.25, 0.3) is 11.8 Å². The third-order valence-corrected chi connectivity index (χ3v) is 8.04. The van der Waals surface area contributed by atoms with Gasteiger partial charge in [0.1, 0.15) is 18.1 Å². The highest BCUT2D eigenvalue weighted by atomic mass is 32.1. The normalized spacial score (nSPS) is 23.2. The van der Waals surface area contributed by atoms with Crippen molar-refractivity contribution in [2.75, 3.05) is 25.1 Å². The van der Waals surface area contributed by atoms with Gasteiger partial charge in [-0.25, -0.2) is 9.97 Å². The Balaban J connectivity index is 1.79. The van der Waals surface area contributed by atoms with Crippen LogP contribution in [-0.4, -0.2) is 82.0 Å². The van der Waals surface area contributed by atoms with Crippen LogP contribution in [0.3, 0.4) is 0 Å². The summed E-state index contributed by atoms with van der Waals surface area (Å²) in [6.45, 7) is 2.15. The van der Waals surface area contributed by atoms with E-state index in [1.807, 2.05) is 19.2 Å². The second kappa shape index (κ2) is 12.1. The number of halogens is 6. The monoisotopic (exact) mass is 609 g/mol. The molecule has 0 aliphatic carbocycles. The molecule has 9 nitrogen and oxygen atoms in total. The maximum absolute atomic E-state index is 14.2. The van der Waals surface area contributed by atoms with Crippen LogP contribution >= 0.6 is 11.3 Å². The molecule has 2 aliphatic rings. The molecule has 0 saturated carbocycles. The smallest absolute Gasteiger partial charge is 0.388 e. The third kappa shape index (κ3) is 7.09. The second-order valence-electron chi connectivity index (χ2n) is 10.0. The SMILES string of the molecule is CCCC1CCC(C)N1C(=O)c1nc(C(=O)NC2COCC2O)sc1-c1cnc(NCC(F)(F)F)cc1C(F)(F)F. The highest BCUT2D eigenvalue weighted by molar-refractivity contribution is 7.17. The van der Waals surface area contributed by atoms with Gasteiger partial charge in [-0.3, -0.25) is 9.59 Å². The Morgan fingerprint density at radius 3 is 2.54 bits per heavy atom. The number of nitrogens with one attached hydrogen (secondary N) is 2. The van der Waals surface area contributed by atoms with E-state index in [0.29, 0.717) is 36.7 Å². The van der Waals surface area contributed by atoms with Crippen molar-refractivity contribution in [2.24, 2.45) is 0 Å². The first kappa shape index (κ1) is 31.0. The van der Waals surface area contributed by atoms with Gasteiger partial charge in [0.15, 0.2) is 5.01 Å². The molecule has 2 aliphatic heterocycles. The number of likely N-dealkylation sites (tertiary alicyclic amines) is 1. The van der Waals surface area contributed by atoms with E-state index in [4.69, 9.17) is 4.74 Å². The first-order valence-electron chi connectivity index (χ1n) is 13.0. The number of thiazole rings is 1. The van der Waals surface area contributed by atoms with Crippen molar-refractivity contribution < 1.29 is 45.8 Å². The van der Waals surface area contributed by atoms with Gasteiger partial charge in [-0.2, -0.15) is 26.3 Å². The zero-order chi connectivity index (χ0) is 30.1. The molecular weight excluding hydrogens is 580 g/mol. The van der Waals surface area contributed by atoms with E-state index in [0.717, 1.165) is 12.6 Å². The summed E-state index contributed by atoms with van der Waals surface area (Å²) in [6, 6.07) is -0.757. The van der Waals surface area contributed by atoms with E-state index in [9.17, 15) is 41.0 Å². The molecule has 41 heavy (non-hydrogen) atoms. The van der Waals surface area contributed by atoms with Crippen LogP contribution in [0.5, 0.6) is 0 Å². The average Bonchev–Trinajstić information content (AvgIpc) is 3.60. The fraction of sp³-hybridized carbons (Fsp3) is 0.600. The molecule has 4 heterocycles. The zero-order valence-electron chi connectivity index (χ0n) is 22.1. The Labute approximate surface area is 235 Å². The molecule has 2 saturated heterocycles. The number of hydrogen-bond donors (Lipinski definition) is 3. The molecule has 2 aromatic heterocycles. The summed E-state index contributed by atoms with van der Waals surface area (Å²) in [4.78, 5) is 36.1. The van der Waals surface area contributed by atoms with Gasteiger partial charge in [-0.1, -0.05) is 13.3 Å². The predicted octanol–water partition coefficient (Wildman–Crippen LogP) is 4.48. The Kier molecular flexibility index (Phi) is 9.13. The lowest BCUT2D eigenvalue weighted by Crippen LogP contribution is -2.42. The maximum Gasteiger partial charge on any atom is 0.417 e. The van der Waals surface area contributed by atoms with Crippen LogP contribution in [0.2, 0.25) is 0 Å². The molecule has 4 rings (SSSR count). The van der Waals surface area contributed by atoms with E-state index < -0.39 is 59.8 Å². The average molecular weight is 610 g/mol. The molecule has 2 fully saturated rings. The minimum Gasteiger partial charge on any atom is -0.388 e. The van der Waals surface area contributed by atoms with Crippen molar-refractivity contribution in [1.29, 1.82) is 0 Å². The maximum atomic E-state index is 14.2. The van der Waals surface area contributed by atoms with Crippen molar-refractivity contribution in [1.82, 2.24) is 20.2 Å². The van der Waals surface area contributed by atoms with Crippen LogP contribution in [0.15, 0.2) is 12.3 Å². The molecule has 4 atom stereocenters. The zero-order valence-corrected chi connectivity index (χ0v) is 22.9. The largest absolute Gasteiger partial charge is 0.417 e. The van der Waals surface area contributed by atoms with Gasteiger partial charge < -0.3 is 25.4 Å². The summed E-state index contributed by atoms with van der Waals surface area (Å²) in [5.74, 6) is -2.15. The van der Waals surface area contributed by atoms with E-state index in [1.165, 1.54) is 0 Å². The second-order valence-corrected chi connectivity index (χ2v) is 11.0. The van der Waals surface area contributed by atoms with Crippen LogP contribution in [0, 0.1) is 0 Å². The molecule has 0 spiro atoms. The van der Waals surface area contributed by atoms with Gasteiger partial charge >= 0.3 is 12.4 Å². The van der Waals surface area contributed by atoms with Crippen molar-refractivity contribution in [3.05, 3.63) is 28.5 Å². The van der Waals surface area contributed by atoms with Gasteiger partial charge in [-0.15, -0.1) is 11.3 Å². The Hall–Kier alpha value is -2.98. The van der Waals surface area contributed by atoms with Crippen molar-refractivity contribution in [2.45, 2.75) is 76.1 Å². The molecule has 226 valence electrons. The van der Waals surface area contributed by atoms with Crippen molar-refractivity contribution >= 4 is 29.0 Å². The Morgan fingerprint density at radius 2 is 1.93 bits per heavy atom. The first-order chi connectivity index (χ1) is 19.2. The number of amides is 2. The van der Waals surface area contributed by atoms with Gasteiger partial charge in [-0.05, 0) is 32.3 Å². The van der Waals surface area contributed by atoms with Crippen LogP contribution < -0.4 is 10.6 Å². The summed E-state index contributed by atoms with van der Waals surface area (Å²) in [5, 5.41) is 14.0. The molecule has 0 radical (unpaired) electrons. The summed E-state index contributed by atoms with van der Waals surface area (Å²) < 4.78 is 85.7. The number of aromatic nitrogens is 2. The van der Waals surface area contributed by atoms with Gasteiger partial charge in [0, 0.05) is 23.8 Å². The number of nitrogens with zero attached hydrogens (tertiary/aromatic N) is 3. The number of carbonyl (C=O) groups is 2. The fourth-order valence-electron chi connectivity index (χ4n) is 4.99. The quantitative estimate of drug-likeness (QED) is 0.378. The van der Waals surface area contributed by atoms with Gasteiger partial charge in [0.2, 0.25) is 0 Å². The number of hydrogen-bond acceptors (Lipinski definition) is 8. The fourth-order valence-corrected chi connectivity index (χ4v) is 5.97. The van der Waals surface area contributed by atoms with Crippen molar-refractivity contribution in [3.8, 4) is 10.4 Å². The predicted molar refractivity (Wildman–Crippen MR) is 137 cm³/mol. The van der Waals surface area contributed by atoms with E-state index in [1.54, 1.807) is 4.90 Å². The molecule has 4 unspecified atom stereocenters. The molecule has 0 bridgehead atoms. The number of rotatable bonds is 8. The molecular formula is C25H29F6N5O4S. The lowest BCUT2D eigenvalue weighted by atomic mass is 10.1. The number of alkyl halides is 6. The minimum absolute atomic E-state index is 0.00937. The standard InChI is InChI=1S/C25H29F6N5O4S/c1-3-4-13-6-5-12(2)36(13)23(39)19-20(41-22(35-19)21(38)34-16-9-40-10-17(16)37)14-8-32-18(33-11-24(26,27)28)7-15(14)25(29,30)31/h7-8,12-13,16-17,37H,3-6,9-11H2,1-2H3,(H,32,33)(H,34,38). The van der Waals surface area contributed by atoms with Crippen LogP contribution in [0.1, 0.15) is 65.4 Å². The Bertz CT molecular complexity index is 1270. The van der Waals surface area contributed by atoms with E-state index >= 15 is 0 Å². The number of anilines is 1. The summed E-state index contributed by atoms with van der Waals surface area (Å²) in [5.41, 5.74) is -2.33. The minimum atomic E-state index is -5.04. The lowest BCUT2D eigenvalue weighted by molar-refractivity contribution is -0.137. The number of carbonyl (C=O) groups excluding carboxylic acids is 2. The molecule has 2 amide bonds. The molecule has 3 N–H and O–H groups in total. The van der Waals surface area contributed by atoms with E-state index in [-0.39, 0.29) is 40.9 Å². The lowest BCUT2D eigenvalue weighted by Gasteiger charge is -2.28. The highest BCUT2D eigenvalue weighted by Gasteiger charge is 2.41. The Morgan fingerprint density at radius 1 is 1.20 bits per heavy atom. The topological polar surface area (TPSA) is 117 Å². The third-order valence-electron chi connectivity index (χ3n) is 6.96. The number of aliphatic hydroxyl groups is 1. The van der Waals surface area contributed by atoms with Gasteiger partial charge in [0.05, 0.1) is 35.8 Å². The van der Waals surface area contributed by atoms with Crippen LogP contribution in [-0.2, 0) is 10.9 Å². The number of pyridine rings is 1. The van der Waals surface area contributed by atoms with E-state index in [2.05, 4.69) is 15.3 Å².